The molecule has 10 aromatic rings. The van der Waals surface area contributed by atoms with E-state index in [2.05, 4.69) is 190 Å². The average Bonchev–Trinajstić information content (AvgIpc) is 3.78. The molecule has 3 heterocycles. The first-order chi connectivity index (χ1) is 23.3. The number of hydrogen-bond acceptors (Lipinski definition) is 0. The van der Waals surface area contributed by atoms with Crippen molar-refractivity contribution in [1.29, 1.82) is 0 Å². The van der Waals surface area contributed by atoms with Crippen LogP contribution in [-0.2, 0) is 0 Å². The molecule has 0 atom stereocenters. The van der Waals surface area contributed by atoms with Crippen molar-refractivity contribution in [2.45, 2.75) is 0 Å². The van der Waals surface area contributed by atoms with E-state index in [-0.39, 0.29) is 0 Å². The SMILES string of the molecule is c1ccc(-n2c3ccccc3c3c4ccccc4n(-c4ccc(-c5ccc(-n6c7ccccc7c7ccccc76)cc5)cc4)c32)cc1. The van der Waals surface area contributed by atoms with Gasteiger partial charge in [0.2, 0.25) is 0 Å². The van der Waals surface area contributed by atoms with Crippen molar-refractivity contribution < 1.29 is 0 Å². The maximum atomic E-state index is 2.42. The molecule has 0 fully saturated rings. The third kappa shape index (κ3) is 3.81. The Labute approximate surface area is 271 Å². The predicted molar refractivity (Wildman–Crippen MR) is 197 cm³/mol. The van der Waals surface area contributed by atoms with Gasteiger partial charge in [0.05, 0.1) is 22.1 Å². The van der Waals surface area contributed by atoms with Crippen molar-refractivity contribution in [2.24, 2.45) is 0 Å². The fraction of sp³-hybridized carbons (Fsp3) is 0. The minimum atomic E-state index is 1.14. The summed E-state index contributed by atoms with van der Waals surface area (Å²) < 4.78 is 7.20. The number of benzene rings is 7. The second-order valence-electron chi connectivity index (χ2n) is 12.2. The van der Waals surface area contributed by atoms with Crippen molar-refractivity contribution in [3.63, 3.8) is 0 Å². The van der Waals surface area contributed by atoms with Crippen molar-refractivity contribution >= 4 is 54.6 Å². The van der Waals surface area contributed by atoms with Crippen LogP contribution in [0.2, 0.25) is 0 Å². The van der Waals surface area contributed by atoms with Gasteiger partial charge in [-0.3, -0.25) is 9.13 Å². The highest BCUT2D eigenvalue weighted by Crippen LogP contribution is 2.41. The van der Waals surface area contributed by atoms with Crippen molar-refractivity contribution in [2.75, 3.05) is 0 Å². The summed E-state index contributed by atoms with van der Waals surface area (Å²) in [5.74, 6) is 0. The molecule has 220 valence electrons. The maximum absolute atomic E-state index is 2.42. The lowest BCUT2D eigenvalue weighted by atomic mass is 10.0. The third-order valence-electron chi connectivity index (χ3n) is 9.65. The molecule has 10 rings (SSSR count). The van der Waals surface area contributed by atoms with Gasteiger partial charge in [0, 0.05) is 44.0 Å². The summed E-state index contributed by atoms with van der Waals surface area (Å²) in [6.07, 6.45) is 0. The van der Waals surface area contributed by atoms with Gasteiger partial charge >= 0.3 is 0 Å². The second-order valence-corrected chi connectivity index (χ2v) is 12.2. The van der Waals surface area contributed by atoms with Crippen molar-refractivity contribution in [3.05, 3.63) is 176 Å². The Hall–Kier alpha value is -6.32. The van der Waals surface area contributed by atoms with Crippen LogP contribution in [0, 0.1) is 0 Å². The molecule has 0 aliphatic heterocycles. The molecule has 47 heavy (non-hydrogen) atoms. The van der Waals surface area contributed by atoms with E-state index in [0.29, 0.717) is 0 Å². The van der Waals surface area contributed by atoms with Crippen LogP contribution in [0.5, 0.6) is 0 Å². The monoisotopic (exact) mass is 599 g/mol. The molecule has 0 unspecified atom stereocenters. The van der Waals surface area contributed by atoms with E-state index in [1.807, 2.05) is 0 Å². The minimum Gasteiger partial charge on any atom is -0.309 e. The number of rotatable bonds is 4. The summed E-state index contributed by atoms with van der Waals surface area (Å²) in [6, 6.07) is 63.5. The number of hydrogen-bond donors (Lipinski definition) is 0. The Morgan fingerprint density at radius 1 is 0.255 bits per heavy atom. The van der Waals surface area contributed by atoms with E-state index >= 15 is 0 Å². The van der Waals surface area contributed by atoms with Gasteiger partial charge in [0.1, 0.15) is 5.65 Å². The van der Waals surface area contributed by atoms with Gasteiger partial charge < -0.3 is 4.57 Å². The first-order valence-corrected chi connectivity index (χ1v) is 16.1. The molecule has 0 aliphatic carbocycles. The average molecular weight is 600 g/mol. The Kier molecular flexibility index (Phi) is 5.57. The zero-order chi connectivity index (χ0) is 30.9. The number of para-hydroxylation sites is 5. The molecule has 0 bridgehead atoms. The standard InChI is InChI=1S/C44H29N3/c1-2-12-32(13-3-1)46-41-20-10-6-16-37(41)43-38-17-7-11-21-42(38)47(44(43)46)34-28-24-31(25-29-34)30-22-26-33(27-23-30)45-39-18-8-4-14-35(39)36-15-5-9-19-40(36)45/h1-29H. The molecule has 0 spiro atoms. The normalized spacial score (nSPS) is 11.8. The van der Waals surface area contributed by atoms with E-state index in [0.717, 1.165) is 17.1 Å². The highest BCUT2D eigenvalue weighted by molar-refractivity contribution is 6.22. The number of aromatic nitrogens is 3. The summed E-state index contributed by atoms with van der Waals surface area (Å²) in [5, 5.41) is 6.37. The Bertz CT molecular complexity index is 2700. The Balaban J connectivity index is 1.11. The highest BCUT2D eigenvalue weighted by atomic mass is 15.1. The fourth-order valence-electron chi connectivity index (χ4n) is 7.60. The molecule has 0 amide bonds. The molecule has 3 nitrogen and oxygen atoms in total. The maximum Gasteiger partial charge on any atom is 0.131 e. The summed E-state index contributed by atoms with van der Waals surface area (Å²) in [4.78, 5) is 0. The number of fused-ring (bicyclic) bond motifs is 8. The Morgan fingerprint density at radius 2 is 0.596 bits per heavy atom. The topological polar surface area (TPSA) is 14.8 Å². The second kappa shape index (κ2) is 10.1. The van der Waals surface area contributed by atoms with Crippen LogP contribution in [0.1, 0.15) is 0 Å². The number of nitrogens with zero attached hydrogens (tertiary/aromatic N) is 3. The molecule has 3 heteroatoms. The predicted octanol–water partition coefficient (Wildman–Crippen LogP) is 11.5. The van der Waals surface area contributed by atoms with Crippen molar-refractivity contribution in [3.8, 4) is 28.2 Å². The molecule has 0 aliphatic rings. The smallest absolute Gasteiger partial charge is 0.131 e. The zero-order valence-electron chi connectivity index (χ0n) is 25.6. The largest absolute Gasteiger partial charge is 0.309 e. The van der Waals surface area contributed by atoms with Gasteiger partial charge in [0.15, 0.2) is 0 Å². The highest BCUT2D eigenvalue weighted by Gasteiger charge is 2.21. The van der Waals surface area contributed by atoms with Gasteiger partial charge in [-0.15, -0.1) is 0 Å². The molecule has 3 aromatic heterocycles. The molecule has 0 N–H and O–H groups in total. The summed E-state index contributed by atoms with van der Waals surface area (Å²) in [7, 11) is 0. The summed E-state index contributed by atoms with van der Waals surface area (Å²) >= 11 is 0. The van der Waals surface area contributed by atoms with E-state index < -0.39 is 0 Å². The lowest BCUT2D eigenvalue weighted by molar-refractivity contribution is 1.07. The van der Waals surface area contributed by atoms with Gasteiger partial charge in [-0.1, -0.05) is 115 Å². The van der Waals surface area contributed by atoms with Gasteiger partial charge in [0.25, 0.3) is 0 Å². The van der Waals surface area contributed by atoms with Crippen LogP contribution in [0.25, 0.3) is 82.8 Å². The Morgan fingerprint density at radius 3 is 1.06 bits per heavy atom. The first kappa shape index (κ1) is 26.0. The lowest BCUT2D eigenvalue weighted by Crippen LogP contribution is -2.01. The van der Waals surface area contributed by atoms with E-state index in [1.54, 1.807) is 0 Å². The quantitative estimate of drug-likeness (QED) is 0.191. The molecule has 0 saturated carbocycles. The lowest BCUT2D eigenvalue weighted by Gasteiger charge is -2.14. The van der Waals surface area contributed by atoms with Crippen LogP contribution in [0.15, 0.2) is 176 Å². The van der Waals surface area contributed by atoms with Gasteiger partial charge in [-0.25, -0.2) is 0 Å². The fourth-order valence-corrected chi connectivity index (χ4v) is 7.60. The van der Waals surface area contributed by atoms with Gasteiger partial charge in [-0.05, 0) is 71.8 Å². The minimum absolute atomic E-state index is 1.14. The van der Waals surface area contributed by atoms with E-state index in [9.17, 15) is 0 Å². The zero-order valence-corrected chi connectivity index (χ0v) is 25.6. The van der Waals surface area contributed by atoms with Crippen LogP contribution < -0.4 is 0 Å². The molecular formula is C44H29N3. The molecular weight excluding hydrogens is 571 g/mol. The third-order valence-corrected chi connectivity index (χ3v) is 9.65. The first-order valence-electron chi connectivity index (χ1n) is 16.1. The molecule has 0 saturated heterocycles. The molecule has 0 radical (unpaired) electrons. The van der Waals surface area contributed by atoms with Crippen LogP contribution in [-0.4, -0.2) is 13.7 Å². The summed E-state index contributed by atoms with van der Waals surface area (Å²) in [5.41, 5.74) is 11.9. The van der Waals surface area contributed by atoms with Gasteiger partial charge in [-0.2, -0.15) is 0 Å². The molecule has 7 aromatic carbocycles. The van der Waals surface area contributed by atoms with Crippen LogP contribution in [0.3, 0.4) is 0 Å². The van der Waals surface area contributed by atoms with Crippen molar-refractivity contribution in [1.82, 2.24) is 13.7 Å². The van der Waals surface area contributed by atoms with Crippen LogP contribution >= 0.6 is 0 Å². The van der Waals surface area contributed by atoms with E-state index in [1.165, 1.54) is 65.8 Å². The summed E-state index contributed by atoms with van der Waals surface area (Å²) in [6.45, 7) is 0. The van der Waals surface area contributed by atoms with E-state index in [4.69, 9.17) is 0 Å². The van der Waals surface area contributed by atoms with Crippen LogP contribution in [0.4, 0.5) is 0 Å².